The summed E-state index contributed by atoms with van der Waals surface area (Å²) in [5, 5.41) is 9.17. The summed E-state index contributed by atoms with van der Waals surface area (Å²) in [4.78, 5) is 15.5. The molecule has 0 bridgehead atoms. The van der Waals surface area contributed by atoms with Crippen molar-refractivity contribution in [3.63, 3.8) is 0 Å². The Labute approximate surface area is 119 Å². The third-order valence-corrected chi connectivity index (χ3v) is 3.16. The van der Waals surface area contributed by atoms with Crippen LogP contribution in [-0.2, 0) is 0 Å². The number of aromatic carboxylic acids is 1. The number of methoxy groups -OCH3 is 1. The molecule has 2 heterocycles. The monoisotopic (exact) mass is 286 g/mol. The molecule has 0 aliphatic carbocycles. The number of carboxylic acid groups (broad SMARTS) is 1. The fourth-order valence-corrected chi connectivity index (χ4v) is 2.23. The Kier molecular flexibility index (Phi) is 3.06. The number of hydrogen-bond donors (Lipinski definition) is 1. The normalized spacial score (nSPS) is 10.8. The summed E-state index contributed by atoms with van der Waals surface area (Å²) in [5.41, 5.74) is 1.01. The van der Waals surface area contributed by atoms with E-state index in [1.54, 1.807) is 18.2 Å². The van der Waals surface area contributed by atoms with E-state index < -0.39 is 11.8 Å². The van der Waals surface area contributed by atoms with Gasteiger partial charge < -0.3 is 9.84 Å². The van der Waals surface area contributed by atoms with Gasteiger partial charge in [0.2, 0.25) is 0 Å². The molecule has 0 atom stereocenters. The first-order valence-electron chi connectivity index (χ1n) is 6.16. The van der Waals surface area contributed by atoms with Crippen molar-refractivity contribution < 1.29 is 19.0 Å². The summed E-state index contributed by atoms with van der Waals surface area (Å²) >= 11 is 0. The average molecular weight is 286 g/mol. The lowest BCUT2D eigenvalue weighted by atomic mass is 10.1. The maximum absolute atomic E-state index is 14.1. The molecule has 2 aromatic heterocycles. The molecule has 6 heteroatoms. The highest BCUT2D eigenvalue weighted by Gasteiger charge is 2.17. The van der Waals surface area contributed by atoms with Crippen LogP contribution in [0.1, 0.15) is 10.5 Å². The van der Waals surface area contributed by atoms with E-state index in [9.17, 15) is 14.3 Å². The molecule has 3 rings (SSSR count). The van der Waals surface area contributed by atoms with Crippen LogP contribution in [0.5, 0.6) is 5.75 Å². The molecule has 0 fully saturated rings. The van der Waals surface area contributed by atoms with Gasteiger partial charge in [0.1, 0.15) is 22.9 Å². The van der Waals surface area contributed by atoms with E-state index in [4.69, 9.17) is 4.74 Å². The number of aromatic nitrogens is 2. The van der Waals surface area contributed by atoms with Gasteiger partial charge in [-0.25, -0.2) is 14.2 Å². The van der Waals surface area contributed by atoms with E-state index in [0.29, 0.717) is 17.1 Å². The van der Waals surface area contributed by atoms with E-state index in [0.717, 1.165) is 0 Å². The highest BCUT2D eigenvalue weighted by Crippen LogP contribution is 2.32. The van der Waals surface area contributed by atoms with Gasteiger partial charge >= 0.3 is 5.97 Å². The molecule has 1 N–H and O–H groups in total. The standard InChI is InChI=1S/C15H11FN2O3/c1-21-12-6-2-4-9(16)14(12)10-8-18-11(15(19)20)5-3-7-13(18)17-10/h2-8H,1H3,(H,19,20). The summed E-state index contributed by atoms with van der Waals surface area (Å²) in [5.74, 6) is -1.21. The number of fused-ring (bicyclic) bond motifs is 1. The highest BCUT2D eigenvalue weighted by molar-refractivity contribution is 5.87. The zero-order chi connectivity index (χ0) is 15.0. The number of pyridine rings is 1. The van der Waals surface area contributed by atoms with Gasteiger partial charge in [-0.2, -0.15) is 0 Å². The number of carboxylic acids is 1. The third-order valence-electron chi connectivity index (χ3n) is 3.16. The van der Waals surface area contributed by atoms with Gasteiger partial charge in [0.25, 0.3) is 0 Å². The van der Waals surface area contributed by atoms with E-state index in [1.807, 2.05) is 0 Å². The van der Waals surface area contributed by atoms with Crippen LogP contribution in [0.3, 0.4) is 0 Å². The fourth-order valence-electron chi connectivity index (χ4n) is 2.23. The number of nitrogens with zero attached hydrogens (tertiary/aromatic N) is 2. The number of carbonyl (C=O) groups is 1. The molecule has 0 aliphatic rings. The summed E-state index contributed by atoms with van der Waals surface area (Å²) in [6, 6.07) is 9.17. The Morgan fingerprint density at radius 1 is 1.29 bits per heavy atom. The Bertz CT molecular complexity index is 842. The maximum atomic E-state index is 14.1. The van der Waals surface area contributed by atoms with Crippen LogP contribution in [-0.4, -0.2) is 27.6 Å². The van der Waals surface area contributed by atoms with Crippen molar-refractivity contribution in [2.24, 2.45) is 0 Å². The van der Waals surface area contributed by atoms with Crippen LogP contribution in [0.2, 0.25) is 0 Å². The quantitative estimate of drug-likeness (QED) is 0.804. The molecule has 0 saturated heterocycles. The van der Waals surface area contributed by atoms with Crippen LogP contribution in [0, 0.1) is 5.82 Å². The van der Waals surface area contributed by atoms with Gasteiger partial charge in [0, 0.05) is 6.20 Å². The Balaban J connectivity index is 2.28. The van der Waals surface area contributed by atoms with Crippen molar-refractivity contribution in [2.45, 2.75) is 0 Å². The number of halogens is 1. The lowest BCUT2D eigenvalue weighted by molar-refractivity contribution is 0.0689. The predicted octanol–water partition coefficient (Wildman–Crippen LogP) is 2.85. The topological polar surface area (TPSA) is 63.8 Å². The minimum absolute atomic E-state index is 0.0570. The number of benzene rings is 1. The maximum Gasteiger partial charge on any atom is 0.352 e. The van der Waals surface area contributed by atoms with Crippen LogP contribution >= 0.6 is 0 Å². The Morgan fingerprint density at radius 2 is 2.05 bits per heavy atom. The van der Waals surface area contributed by atoms with Crippen LogP contribution < -0.4 is 4.74 Å². The first kappa shape index (κ1) is 13.1. The third kappa shape index (κ3) is 2.10. The second kappa shape index (κ2) is 4.90. The molecule has 5 nitrogen and oxygen atoms in total. The minimum atomic E-state index is -1.08. The van der Waals surface area contributed by atoms with Crippen LogP contribution in [0.15, 0.2) is 42.6 Å². The molecule has 0 amide bonds. The van der Waals surface area contributed by atoms with E-state index in [1.165, 1.54) is 35.9 Å². The lowest BCUT2D eigenvalue weighted by Gasteiger charge is -2.06. The lowest BCUT2D eigenvalue weighted by Crippen LogP contribution is -2.03. The Hall–Kier alpha value is -2.89. The molecule has 106 valence electrons. The smallest absolute Gasteiger partial charge is 0.352 e. The van der Waals surface area contributed by atoms with Gasteiger partial charge in [-0.3, -0.25) is 4.40 Å². The van der Waals surface area contributed by atoms with Gasteiger partial charge in [0.05, 0.1) is 18.4 Å². The van der Waals surface area contributed by atoms with Crippen molar-refractivity contribution in [1.82, 2.24) is 9.38 Å². The molecule has 0 radical (unpaired) electrons. The number of rotatable bonds is 3. The number of imidazole rings is 1. The van der Waals surface area contributed by atoms with Gasteiger partial charge in [-0.05, 0) is 24.3 Å². The van der Waals surface area contributed by atoms with Crippen LogP contribution in [0.25, 0.3) is 16.9 Å². The molecular formula is C15H11FN2O3. The highest BCUT2D eigenvalue weighted by atomic mass is 19.1. The molecule has 0 aliphatic heterocycles. The average Bonchev–Trinajstić information content (AvgIpc) is 2.89. The van der Waals surface area contributed by atoms with E-state index in [-0.39, 0.29) is 11.3 Å². The zero-order valence-corrected chi connectivity index (χ0v) is 11.1. The molecular weight excluding hydrogens is 275 g/mol. The number of hydrogen-bond acceptors (Lipinski definition) is 3. The zero-order valence-electron chi connectivity index (χ0n) is 11.1. The molecule has 21 heavy (non-hydrogen) atoms. The molecule has 3 aromatic rings. The fraction of sp³-hybridized carbons (Fsp3) is 0.0667. The van der Waals surface area contributed by atoms with Gasteiger partial charge in [-0.15, -0.1) is 0 Å². The largest absolute Gasteiger partial charge is 0.496 e. The van der Waals surface area contributed by atoms with Crippen LogP contribution in [0.4, 0.5) is 4.39 Å². The van der Waals surface area contributed by atoms with Gasteiger partial charge in [0.15, 0.2) is 0 Å². The summed E-state index contributed by atoms with van der Waals surface area (Å²) in [6.07, 6.45) is 1.49. The summed E-state index contributed by atoms with van der Waals surface area (Å²) in [7, 11) is 1.44. The first-order chi connectivity index (χ1) is 10.1. The second-order valence-electron chi connectivity index (χ2n) is 4.39. The van der Waals surface area contributed by atoms with Gasteiger partial charge in [-0.1, -0.05) is 12.1 Å². The van der Waals surface area contributed by atoms with Crippen molar-refractivity contribution in [2.75, 3.05) is 7.11 Å². The van der Waals surface area contributed by atoms with Crippen molar-refractivity contribution in [3.05, 3.63) is 54.1 Å². The van der Waals surface area contributed by atoms with Crippen molar-refractivity contribution in [1.29, 1.82) is 0 Å². The SMILES string of the molecule is COc1cccc(F)c1-c1cn2c(C(=O)O)cccc2n1. The molecule has 0 saturated carbocycles. The molecule has 0 spiro atoms. The summed E-state index contributed by atoms with van der Waals surface area (Å²) < 4.78 is 20.6. The number of ether oxygens (including phenoxy) is 1. The molecule has 0 unspecified atom stereocenters. The van der Waals surface area contributed by atoms with Crippen molar-refractivity contribution in [3.8, 4) is 17.0 Å². The van der Waals surface area contributed by atoms with E-state index >= 15 is 0 Å². The Morgan fingerprint density at radius 3 is 2.76 bits per heavy atom. The minimum Gasteiger partial charge on any atom is -0.496 e. The van der Waals surface area contributed by atoms with Crippen molar-refractivity contribution >= 4 is 11.6 Å². The first-order valence-corrected chi connectivity index (χ1v) is 6.16. The second-order valence-corrected chi connectivity index (χ2v) is 4.39. The predicted molar refractivity (Wildman–Crippen MR) is 74.1 cm³/mol. The van der Waals surface area contributed by atoms with E-state index in [2.05, 4.69) is 4.98 Å². The molecule has 1 aromatic carbocycles. The summed E-state index contributed by atoms with van der Waals surface area (Å²) in [6.45, 7) is 0.